The molecule has 0 aliphatic rings. The average molecular weight is 357 g/mol. The van der Waals surface area contributed by atoms with Crippen molar-refractivity contribution in [2.24, 2.45) is 0 Å². The van der Waals surface area contributed by atoms with E-state index in [0.29, 0.717) is 18.0 Å². The Bertz CT molecular complexity index is 740. The zero-order chi connectivity index (χ0) is 19.1. The van der Waals surface area contributed by atoms with E-state index in [2.05, 4.69) is 0 Å². The lowest BCUT2D eigenvalue weighted by Gasteiger charge is -2.22. The summed E-state index contributed by atoms with van der Waals surface area (Å²) in [4.78, 5) is 24.6. The van der Waals surface area contributed by atoms with Crippen LogP contribution in [-0.2, 0) is 16.1 Å². The summed E-state index contributed by atoms with van der Waals surface area (Å²) in [6.45, 7) is 3.75. The molecule has 0 saturated heterocycles. The molecule has 0 saturated carbocycles. The lowest BCUT2D eigenvalue weighted by atomic mass is 10.2. The fourth-order valence-corrected chi connectivity index (χ4v) is 2.37. The summed E-state index contributed by atoms with van der Waals surface area (Å²) >= 11 is 0. The molecule has 6 heteroatoms. The second-order valence-corrected chi connectivity index (χ2v) is 6.09. The number of benzene rings is 2. The number of carbonyl (C=O) groups is 2. The predicted octanol–water partition coefficient (Wildman–Crippen LogP) is 2.88. The summed E-state index contributed by atoms with van der Waals surface area (Å²) in [5, 5.41) is 8.60. The molecule has 0 aliphatic heterocycles. The molecule has 1 unspecified atom stereocenters. The van der Waals surface area contributed by atoms with Crippen LogP contribution < -0.4 is 9.47 Å². The van der Waals surface area contributed by atoms with Crippen molar-refractivity contribution in [2.45, 2.75) is 26.5 Å². The number of amides is 1. The van der Waals surface area contributed by atoms with Crippen molar-refractivity contribution >= 4 is 11.9 Å². The molecule has 2 aromatic carbocycles. The van der Waals surface area contributed by atoms with Gasteiger partial charge in [0.15, 0.2) is 12.7 Å². The molecule has 6 nitrogen and oxygen atoms in total. The van der Waals surface area contributed by atoms with Crippen LogP contribution in [0.5, 0.6) is 11.5 Å². The SMILES string of the molecule is Cc1ccc(OC(C)C(=O)N(C)Cc2ccc(OCC(=O)O)cc2)cc1. The quantitative estimate of drug-likeness (QED) is 0.786. The second kappa shape index (κ2) is 8.89. The number of rotatable bonds is 8. The van der Waals surface area contributed by atoms with Gasteiger partial charge in [0.2, 0.25) is 0 Å². The first-order valence-corrected chi connectivity index (χ1v) is 8.27. The molecule has 26 heavy (non-hydrogen) atoms. The van der Waals surface area contributed by atoms with E-state index in [9.17, 15) is 9.59 Å². The Kier molecular flexibility index (Phi) is 6.60. The Morgan fingerprint density at radius 2 is 1.62 bits per heavy atom. The smallest absolute Gasteiger partial charge is 0.341 e. The topological polar surface area (TPSA) is 76.1 Å². The minimum absolute atomic E-state index is 0.128. The maximum Gasteiger partial charge on any atom is 0.341 e. The number of aryl methyl sites for hydroxylation is 1. The number of likely N-dealkylation sites (N-methyl/N-ethyl adjacent to an activating group) is 1. The van der Waals surface area contributed by atoms with E-state index in [1.165, 1.54) is 0 Å². The molecule has 1 amide bonds. The van der Waals surface area contributed by atoms with Crippen LogP contribution in [0.25, 0.3) is 0 Å². The van der Waals surface area contributed by atoms with Crippen molar-refractivity contribution in [3.8, 4) is 11.5 Å². The van der Waals surface area contributed by atoms with E-state index in [-0.39, 0.29) is 12.5 Å². The van der Waals surface area contributed by atoms with E-state index in [0.717, 1.165) is 11.1 Å². The van der Waals surface area contributed by atoms with E-state index in [4.69, 9.17) is 14.6 Å². The molecule has 0 aliphatic carbocycles. The van der Waals surface area contributed by atoms with Crippen molar-refractivity contribution < 1.29 is 24.2 Å². The fraction of sp³-hybridized carbons (Fsp3) is 0.300. The molecule has 1 N–H and O–H groups in total. The number of hydrogen-bond donors (Lipinski definition) is 1. The van der Waals surface area contributed by atoms with Crippen LogP contribution in [0.1, 0.15) is 18.1 Å². The molecule has 2 rings (SSSR count). The third-order valence-corrected chi connectivity index (χ3v) is 3.76. The Balaban J connectivity index is 1.89. The summed E-state index contributed by atoms with van der Waals surface area (Å²) in [5.41, 5.74) is 2.04. The van der Waals surface area contributed by atoms with Crippen LogP contribution >= 0.6 is 0 Å². The van der Waals surface area contributed by atoms with E-state index >= 15 is 0 Å². The van der Waals surface area contributed by atoms with Gasteiger partial charge in [0.05, 0.1) is 0 Å². The number of hydrogen-bond acceptors (Lipinski definition) is 4. The highest BCUT2D eigenvalue weighted by Gasteiger charge is 2.19. The van der Waals surface area contributed by atoms with Gasteiger partial charge in [-0.25, -0.2) is 4.79 Å². The summed E-state index contributed by atoms with van der Waals surface area (Å²) in [6.07, 6.45) is -0.596. The minimum atomic E-state index is -1.03. The van der Waals surface area contributed by atoms with Crippen LogP contribution in [0.15, 0.2) is 48.5 Å². The normalized spacial score (nSPS) is 11.5. The molecule has 1 atom stereocenters. The highest BCUT2D eigenvalue weighted by atomic mass is 16.5. The monoisotopic (exact) mass is 357 g/mol. The number of aliphatic carboxylic acids is 1. The molecule has 138 valence electrons. The number of carboxylic acids is 1. The summed E-state index contributed by atoms with van der Waals surface area (Å²) in [7, 11) is 1.71. The van der Waals surface area contributed by atoms with Gasteiger partial charge in [-0.3, -0.25) is 4.79 Å². The molecule has 0 radical (unpaired) electrons. The van der Waals surface area contributed by atoms with Crippen molar-refractivity contribution in [2.75, 3.05) is 13.7 Å². The van der Waals surface area contributed by atoms with E-state index in [1.54, 1.807) is 43.1 Å². The summed E-state index contributed by atoms with van der Waals surface area (Å²) < 4.78 is 10.8. The van der Waals surface area contributed by atoms with Crippen LogP contribution in [0.2, 0.25) is 0 Å². The molecule has 2 aromatic rings. The van der Waals surface area contributed by atoms with Gasteiger partial charge < -0.3 is 19.5 Å². The molecular weight excluding hydrogens is 334 g/mol. The maximum absolute atomic E-state index is 12.5. The van der Waals surface area contributed by atoms with Crippen molar-refractivity contribution in [3.05, 3.63) is 59.7 Å². The summed E-state index contributed by atoms with van der Waals surface area (Å²) in [5.74, 6) is -0.0234. The van der Waals surface area contributed by atoms with Gasteiger partial charge >= 0.3 is 5.97 Å². The Hall–Kier alpha value is -3.02. The summed E-state index contributed by atoms with van der Waals surface area (Å²) in [6, 6.07) is 14.5. The van der Waals surface area contributed by atoms with Gasteiger partial charge in [-0.2, -0.15) is 0 Å². The maximum atomic E-state index is 12.5. The fourth-order valence-electron chi connectivity index (χ4n) is 2.37. The van der Waals surface area contributed by atoms with Gasteiger partial charge in [0, 0.05) is 13.6 Å². The zero-order valence-corrected chi connectivity index (χ0v) is 15.1. The Morgan fingerprint density at radius 3 is 2.19 bits per heavy atom. The first-order chi connectivity index (χ1) is 12.3. The first-order valence-electron chi connectivity index (χ1n) is 8.27. The van der Waals surface area contributed by atoms with Crippen molar-refractivity contribution in [3.63, 3.8) is 0 Å². The van der Waals surface area contributed by atoms with Crippen LogP contribution in [-0.4, -0.2) is 41.6 Å². The largest absolute Gasteiger partial charge is 0.482 e. The van der Waals surface area contributed by atoms with Crippen molar-refractivity contribution in [1.29, 1.82) is 0 Å². The lowest BCUT2D eigenvalue weighted by molar-refractivity contribution is -0.139. The number of ether oxygens (including phenoxy) is 2. The Labute approximate surface area is 153 Å². The van der Waals surface area contributed by atoms with Crippen LogP contribution in [0, 0.1) is 6.92 Å². The highest BCUT2D eigenvalue weighted by molar-refractivity contribution is 5.80. The average Bonchev–Trinajstić information content (AvgIpc) is 2.62. The van der Waals surface area contributed by atoms with Crippen LogP contribution in [0.3, 0.4) is 0 Å². The van der Waals surface area contributed by atoms with Gasteiger partial charge in [-0.15, -0.1) is 0 Å². The molecule has 0 aromatic heterocycles. The zero-order valence-electron chi connectivity index (χ0n) is 15.1. The molecular formula is C20H23NO5. The predicted molar refractivity (Wildman–Crippen MR) is 97.3 cm³/mol. The van der Waals surface area contributed by atoms with E-state index < -0.39 is 12.1 Å². The Morgan fingerprint density at radius 1 is 1.04 bits per heavy atom. The van der Waals surface area contributed by atoms with Crippen LogP contribution in [0.4, 0.5) is 0 Å². The van der Waals surface area contributed by atoms with Gasteiger partial charge in [-0.05, 0) is 43.7 Å². The van der Waals surface area contributed by atoms with E-state index in [1.807, 2.05) is 31.2 Å². The molecule has 0 heterocycles. The van der Waals surface area contributed by atoms with Gasteiger partial charge in [-0.1, -0.05) is 29.8 Å². The number of carbonyl (C=O) groups excluding carboxylic acids is 1. The molecule has 0 fully saturated rings. The van der Waals surface area contributed by atoms with Gasteiger partial charge in [0.25, 0.3) is 5.91 Å². The lowest BCUT2D eigenvalue weighted by Crippen LogP contribution is -2.37. The standard InChI is InChI=1S/C20H23NO5/c1-14-4-8-18(9-5-14)26-15(2)20(24)21(3)12-16-6-10-17(11-7-16)25-13-19(22)23/h4-11,15H,12-13H2,1-3H3,(H,22,23). The highest BCUT2D eigenvalue weighted by Crippen LogP contribution is 2.16. The van der Waals surface area contributed by atoms with Gasteiger partial charge in [0.1, 0.15) is 11.5 Å². The number of carboxylic acid groups (broad SMARTS) is 1. The third kappa shape index (κ3) is 5.81. The first kappa shape index (κ1) is 19.3. The number of nitrogens with zero attached hydrogens (tertiary/aromatic N) is 1. The third-order valence-electron chi connectivity index (χ3n) is 3.76. The van der Waals surface area contributed by atoms with Crippen molar-refractivity contribution in [1.82, 2.24) is 4.90 Å². The molecule has 0 bridgehead atoms. The second-order valence-electron chi connectivity index (χ2n) is 6.09. The molecule has 0 spiro atoms. The minimum Gasteiger partial charge on any atom is -0.482 e.